The van der Waals surface area contributed by atoms with Gasteiger partial charge in [0.25, 0.3) is 0 Å². The summed E-state index contributed by atoms with van der Waals surface area (Å²) in [7, 11) is 0. The number of halogens is 2. The highest BCUT2D eigenvalue weighted by Gasteiger charge is 2.15. The molecule has 5 nitrogen and oxygen atoms in total. The van der Waals surface area contributed by atoms with E-state index in [-0.39, 0.29) is 11.8 Å². The Bertz CT molecular complexity index is 788. The molecule has 7 heteroatoms. The van der Waals surface area contributed by atoms with Gasteiger partial charge < -0.3 is 20.3 Å². The predicted octanol–water partition coefficient (Wildman–Crippen LogP) is 4.58. The molecule has 2 aromatic carbocycles. The van der Waals surface area contributed by atoms with Crippen LogP contribution in [0, 0.1) is 11.6 Å². The fraction of sp³-hybridized carbons (Fsp3) is 0.435. The number of carbonyl (C=O) groups excluding carboxylic acids is 1. The highest BCUT2D eigenvalue weighted by Crippen LogP contribution is 2.17. The maximum absolute atomic E-state index is 13.1. The number of ether oxygens (including phenoxy) is 1. The third-order valence-corrected chi connectivity index (χ3v) is 5.07. The average molecular weight is 418 g/mol. The Morgan fingerprint density at radius 1 is 0.967 bits per heavy atom. The van der Waals surface area contributed by atoms with Crippen molar-refractivity contribution in [3.05, 3.63) is 59.7 Å². The van der Waals surface area contributed by atoms with E-state index in [9.17, 15) is 13.6 Å². The molecule has 1 aliphatic heterocycles. The number of urea groups is 1. The highest BCUT2D eigenvalue weighted by molar-refractivity contribution is 5.89. The van der Waals surface area contributed by atoms with E-state index in [0.717, 1.165) is 70.0 Å². The number of benzene rings is 2. The molecule has 162 valence electrons. The molecule has 1 saturated heterocycles. The summed E-state index contributed by atoms with van der Waals surface area (Å²) in [6, 6.07) is 11.2. The van der Waals surface area contributed by atoms with Crippen LogP contribution in [0.15, 0.2) is 42.5 Å². The second-order valence-electron chi connectivity index (χ2n) is 7.48. The van der Waals surface area contributed by atoms with Gasteiger partial charge in [-0.1, -0.05) is 25.0 Å². The number of carbonyl (C=O) groups is 1. The number of nitrogens with one attached hydrogen (secondary N) is 2. The van der Waals surface area contributed by atoms with Crippen LogP contribution in [0.4, 0.5) is 19.3 Å². The molecule has 0 bridgehead atoms. The van der Waals surface area contributed by atoms with E-state index in [4.69, 9.17) is 4.74 Å². The van der Waals surface area contributed by atoms with Gasteiger partial charge in [0.2, 0.25) is 0 Å². The Morgan fingerprint density at radius 2 is 1.63 bits per heavy atom. The van der Waals surface area contributed by atoms with Crippen LogP contribution in [0.1, 0.15) is 31.2 Å². The van der Waals surface area contributed by atoms with Crippen molar-refractivity contribution in [2.24, 2.45) is 0 Å². The standard InChI is InChI=1S/C23H29F2N3O2/c24-19-15-20(25)17-22(16-19)30-14-4-2-1-3-5-18-6-8-21(9-7-18)27-23(29)28-12-10-26-11-13-28/h6-9,15-17,26H,1-5,10-14H2,(H,27,29). The number of hydrogen-bond acceptors (Lipinski definition) is 3. The van der Waals surface area contributed by atoms with E-state index in [2.05, 4.69) is 22.8 Å². The first kappa shape index (κ1) is 22.0. The Labute approximate surface area is 176 Å². The number of rotatable bonds is 9. The molecule has 30 heavy (non-hydrogen) atoms. The molecular formula is C23H29F2N3O2. The minimum atomic E-state index is -0.626. The van der Waals surface area contributed by atoms with Crippen molar-refractivity contribution >= 4 is 11.7 Å². The van der Waals surface area contributed by atoms with Gasteiger partial charge in [0, 0.05) is 50.1 Å². The van der Waals surface area contributed by atoms with Crippen LogP contribution in [-0.4, -0.2) is 43.7 Å². The number of anilines is 1. The molecule has 1 aliphatic rings. The molecule has 0 atom stereocenters. The van der Waals surface area contributed by atoms with Gasteiger partial charge in [0.15, 0.2) is 0 Å². The predicted molar refractivity (Wildman–Crippen MR) is 114 cm³/mol. The van der Waals surface area contributed by atoms with Crippen molar-refractivity contribution in [3.8, 4) is 5.75 Å². The van der Waals surface area contributed by atoms with Crippen molar-refractivity contribution in [2.75, 3.05) is 38.1 Å². The zero-order valence-electron chi connectivity index (χ0n) is 17.1. The highest BCUT2D eigenvalue weighted by atomic mass is 19.1. The maximum atomic E-state index is 13.1. The molecule has 2 aromatic rings. The van der Waals surface area contributed by atoms with E-state index in [1.807, 2.05) is 17.0 Å². The van der Waals surface area contributed by atoms with E-state index in [0.29, 0.717) is 6.61 Å². The monoisotopic (exact) mass is 417 g/mol. The average Bonchev–Trinajstić information content (AvgIpc) is 2.74. The van der Waals surface area contributed by atoms with Crippen LogP contribution in [0.25, 0.3) is 0 Å². The Kier molecular flexibility index (Phi) is 8.44. The number of unbranched alkanes of at least 4 members (excludes halogenated alkanes) is 3. The summed E-state index contributed by atoms with van der Waals surface area (Å²) in [5.41, 5.74) is 2.05. The van der Waals surface area contributed by atoms with Gasteiger partial charge >= 0.3 is 6.03 Å². The molecule has 0 spiro atoms. The first-order valence-electron chi connectivity index (χ1n) is 10.5. The van der Waals surface area contributed by atoms with Crippen LogP contribution in [-0.2, 0) is 6.42 Å². The summed E-state index contributed by atoms with van der Waals surface area (Å²) < 4.78 is 31.6. The molecule has 0 aliphatic carbocycles. The van der Waals surface area contributed by atoms with Crippen LogP contribution < -0.4 is 15.4 Å². The molecule has 2 N–H and O–H groups in total. The lowest BCUT2D eigenvalue weighted by molar-refractivity contribution is 0.204. The zero-order chi connectivity index (χ0) is 21.2. The van der Waals surface area contributed by atoms with Gasteiger partial charge in [-0.15, -0.1) is 0 Å². The van der Waals surface area contributed by atoms with E-state index >= 15 is 0 Å². The van der Waals surface area contributed by atoms with Gasteiger partial charge in [-0.3, -0.25) is 0 Å². The van der Waals surface area contributed by atoms with Crippen LogP contribution in [0.2, 0.25) is 0 Å². The second kappa shape index (κ2) is 11.5. The summed E-state index contributed by atoms with van der Waals surface area (Å²) in [6.45, 7) is 3.58. The van der Waals surface area contributed by atoms with Gasteiger partial charge in [0.1, 0.15) is 17.4 Å². The number of nitrogens with zero attached hydrogens (tertiary/aromatic N) is 1. The molecule has 0 aromatic heterocycles. The number of piperazine rings is 1. The van der Waals surface area contributed by atoms with Crippen LogP contribution in [0.5, 0.6) is 5.75 Å². The summed E-state index contributed by atoms with van der Waals surface area (Å²) in [5.74, 6) is -1.02. The fourth-order valence-electron chi connectivity index (χ4n) is 3.41. The third-order valence-electron chi connectivity index (χ3n) is 5.07. The summed E-state index contributed by atoms with van der Waals surface area (Å²) in [6.07, 6.45) is 4.93. The first-order chi connectivity index (χ1) is 14.6. The lowest BCUT2D eigenvalue weighted by Gasteiger charge is -2.27. The molecule has 2 amide bonds. The Balaban J connectivity index is 1.28. The van der Waals surface area contributed by atoms with E-state index in [1.165, 1.54) is 17.7 Å². The topological polar surface area (TPSA) is 53.6 Å². The maximum Gasteiger partial charge on any atom is 0.321 e. The minimum Gasteiger partial charge on any atom is -0.493 e. The lowest BCUT2D eigenvalue weighted by atomic mass is 10.1. The van der Waals surface area contributed by atoms with Crippen molar-refractivity contribution in [2.45, 2.75) is 32.1 Å². The number of hydrogen-bond donors (Lipinski definition) is 2. The van der Waals surface area contributed by atoms with E-state index in [1.54, 1.807) is 0 Å². The summed E-state index contributed by atoms with van der Waals surface area (Å²) in [5, 5.41) is 6.18. The quantitative estimate of drug-likeness (QED) is 0.587. The van der Waals surface area contributed by atoms with Gasteiger partial charge in [-0.2, -0.15) is 0 Å². The smallest absolute Gasteiger partial charge is 0.321 e. The summed E-state index contributed by atoms with van der Waals surface area (Å²) >= 11 is 0. The molecule has 1 fully saturated rings. The minimum absolute atomic E-state index is 0.0487. The molecule has 0 unspecified atom stereocenters. The lowest BCUT2D eigenvalue weighted by Crippen LogP contribution is -2.48. The second-order valence-corrected chi connectivity index (χ2v) is 7.48. The zero-order valence-corrected chi connectivity index (χ0v) is 17.1. The van der Waals surface area contributed by atoms with Crippen molar-refractivity contribution in [1.29, 1.82) is 0 Å². The van der Waals surface area contributed by atoms with Gasteiger partial charge in [-0.25, -0.2) is 13.6 Å². The van der Waals surface area contributed by atoms with Crippen molar-refractivity contribution in [3.63, 3.8) is 0 Å². The van der Waals surface area contributed by atoms with Gasteiger partial charge in [-0.05, 0) is 37.0 Å². The van der Waals surface area contributed by atoms with Crippen LogP contribution >= 0.6 is 0 Å². The van der Waals surface area contributed by atoms with E-state index < -0.39 is 11.6 Å². The number of aryl methyl sites for hydroxylation is 1. The van der Waals surface area contributed by atoms with Crippen molar-refractivity contribution in [1.82, 2.24) is 10.2 Å². The largest absolute Gasteiger partial charge is 0.493 e. The van der Waals surface area contributed by atoms with Crippen molar-refractivity contribution < 1.29 is 18.3 Å². The SMILES string of the molecule is O=C(Nc1ccc(CCCCCCOc2cc(F)cc(F)c2)cc1)N1CCNCC1. The Hall–Kier alpha value is -2.67. The third kappa shape index (κ3) is 7.30. The fourth-order valence-corrected chi connectivity index (χ4v) is 3.41. The molecule has 0 radical (unpaired) electrons. The van der Waals surface area contributed by atoms with Gasteiger partial charge in [0.05, 0.1) is 6.61 Å². The Morgan fingerprint density at radius 3 is 2.33 bits per heavy atom. The molecule has 0 saturated carbocycles. The molecule has 1 heterocycles. The molecular weight excluding hydrogens is 388 g/mol. The van der Waals surface area contributed by atoms with Crippen LogP contribution in [0.3, 0.4) is 0 Å². The normalized spacial score (nSPS) is 13.9. The number of amides is 2. The summed E-state index contributed by atoms with van der Waals surface area (Å²) in [4.78, 5) is 14.0. The molecule has 3 rings (SSSR count). The first-order valence-corrected chi connectivity index (χ1v) is 10.5.